The molecule has 15 heavy (non-hydrogen) atoms. The minimum atomic E-state index is -0.273. The summed E-state index contributed by atoms with van der Waals surface area (Å²) in [6.45, 7) is 0. The second kappa shape index (κ2) is 5.98. The predicted molar refractivity (Wildman–Crippen MR) is 62.9 cm³/mol. The fourth-order valence-corrected chi connectivity index (χ4v) is 1.88. The van der Waals surface area contributed by atoms with Gasteiger partial charge in [0.05, 0.1) is 7.11 Å². The van der Waals surface area contributed by atoms with E-state index in [1.54, 1.807) is 24.9 Å². The molecule has 2 N–H and O–H groups in total. The third kappa shape index (κ3) is 3.39. The molecule has 1 atom stereocenters. The van der Waals surface area contributed by atoms with Crippen molar-refractivity contribution >= 4 is 11.8 Å². The maximum atomic E-state index is 13.0. The van der Waals surface area contributed by atoms with Gasteiger partial charge in [0.25, 0.3) is 0 Å². The zero-order valence-corrected chi connectivity index (χ0v) is 9.81. The highest BCUT2D eigenvalue weighted by Crippen LogP contribution is 2.27. The Balaban J connectivity index is 2.85. The Hall–Kier alpha value is -0.740. The second-order valence-electron chi connectivity index (χ2n) is 3.27. The predicted octanol–water partition coefficient (Wildman–Crippen LogP) is 2.59. The molecule has 0 aromatic heterocycles. The standard InChI is InChI=1S/C11H16FNOS/c1-14-11-4-3-8(12)7-9(11)10(13)5-6-15-2/h3-4,7,10H,5-6,13H2,1-2H3. The third-order valence-corrected chi connectivity index (χ3v) is 2.87. The van der Waals surface area contributed by atoms with Gasteiger partial charge >= 0.3 is 0 Å². The van der Waals surface area contributed by atoms with Crippen LogP contribution in [0.2, 0.25) is 0 Å². The highest BCUT2D eigenvalue weighted by Gasteiger charge is 2.12. The Morgan fingerprint density at radius 1 is 1.53 bits per heavy atom. The maximum Gasteiger partial charge on any atom is 0.123 e. The molecule has 0 aliphatic heterocycles. The monoisotopic (exact) mass is 229 g/mol. The van der Waals surface area contributed by atoms with E-state index in [9.17, 15) is 4.39 Å². The van der Waals surface area contributed by atoms with E-state index in [2.05, 4.69) is 0 Å². The Kier molecular flexibility index (Phi) is 4.91. The van der Waals surface area contributed by atoms with Crippen LogP contribution in [0.5, 0.6) is 5.75 Å². The zero-order valence-electron chi connectivity index (χ0n) is 9.00. The van der Waals surface area contributed by atoms with Gasteiger partial charge in [0.1, 0.15) is 11.6 Å². The lowest BCUT2D eigenvalue weighted by Gasteiger charge is -2.15. The number of thioether (sulfide) groups is 1. The first kappa shape index (κ1) is 12.3. The van der Waals surface area contributed by atoms with Gasteiger partial charge in [-0.05, 0) is 36.6 Å². The van der Waals surface area contributed by atoms with Crippen LogP contribution in [-0.2, 0) is 0 Å². The normalized spacial score (nSPS) is 12.5. The summed E-state index contributed by atoms with van der Waals surface area (Å²) in [7, 11) is 1.57. The lowest BCUT2D eigenvalue weighted by molar-refractivity contribution is 0.403. The largest absolute Gasteiger partial charge is 0.496 e. The summed E-state index contributed by atoms with van der Waals surface area (Å²) >= 11 is 1.73. The van der Waals surface area contributed by atoms with E-state index in [4.69, 9.17) is 10.5 Å². The SMILES string of the molecule is COc1ccc(F)cc1C(N)CCSC. The summed E-state index contributed by atoms with van der Waals surface area (Å²) in [5, 5.41) is 0. The average Bonchev–Trinajstić information content (AvgIpc) is 2.25. The van der Waals surface area contributed by atoms with Crippen molar-refractivity contribution in [3.63, 3.8) is 0 Å². The van der Waals surface area contributed by atoms with Gasteiger partial charge in [-0.3, -0.25) is 0 Å². The molecule has 0 radical (unpaired) electrons. The molecule has 0 heterocycles. The lowest BCUT2D eigenvalue weighted by Crippen LogP contribution is -2.12. The van der Waals surface area contributed by atoms with E-state index in [1.165, 1.54) is 12.1 Å². The van der Waals surface area contributed by atoms with E-state index in [0.717, 1.165) is 17.7 Å². The van der Waals surface area contributed by atoms with Crippen molar-refractivity contribution in [2.75, 3.05) is 19.1 Å². The van der Waals surface area contributed by atoms with Crippen molar-refractivity contribution in [1.29, 1.82) is 0 Å². The molecule has 0 aliphatic carbocycles. The molecule has 2 nitrogen and oxygen atoms in total. The van der Waals surface area contributed by atoms with Crippen LogP contribution in [0.4, 0.5) is 4.39 Å². The van der Waals surface area contributed by atoms with Gasteiger partial charge in [-0.2, -0.15) is 11.8 Å². The molecule has 0 fully saturated rings. The summed E-state index contributed by atoms with van der Waals surface area (Å²) in [5.41, 5.74) is 6.71. The van der Waals surface area contributed by atoms with Crippen LogP contribution in [0.3, 0.4) is 0 Å². The van der Waals surface area contributed by atoms with Crippen LogP contribution < -0.4 is 10.5 Å². The Labute approximate surface area is 94.0 Å². The smallest absolute Gasteiger partial charge is 0.123 e. The first-order valence-electron chi connectivity index (χ1n) is 4.77. The van der Waals surface area contributed by atoms with Crippen molar-refractivity contribution in [3.05, 3.63) is 29.6 Å². The van der Waals surface area contributed by atoms with Gasteiger partial charge in [0.2, 0.25) is 0 Å². The molecular weight excluding hydrogens is 213 g/mol. The Morgan fingerprint density at radius 2 is 2.27 bits per heavy atom. The number of hydrogen-bond donors (Lipinski definition) is 1. The minimum absolute atomic E-state index is 0.164. The number of halogens is 1. The van der Waals surface area contributed by atoms with Crippen LogP contribution >= 0.6 is 11.8 Å². The topological polar surface area (TPSA) is 35.2 Å². The van der Waals surface area contributed by atoms with Gasteiger partial charge in [-0.1, -0.05) is 0 Å². The minimum Gasteiger partial charge on any atom is -0.496 e. The van der Waals surface area contributed by atoms with Gasteiger partial charge in [0.15, 0.2) is 0 Å². The Bertz CT molecular complexity index is 319. The fourth-order valence-electron chi connectivity index (χ4n) is 1.40. The molecule has 1 aromatic rings. The number of methoxy groups -OCH3 is 1. The average molecular weight is 229 g/mol. The highest BCUT2D eigenvalue weighted by molar-refractivity contribution is 7.98. The molecular formula is C11H16FNOS. The first-order chi connectivity index (χ1) is 7.19. The van der Waals surface area contributed by atoms with Crippen molar-refractivity contribution in [2.24, 2.45) is 5.73 Å². The number of rotatable bonds is 5. The van der Waals surface area contributed by atoms with Gasteiger partial charge in [-0.15, -0.1) is 0 Å². The van der Waals surface area contributed by atoms with E-state index < -0.39 is 0 Å². The maximum absolute atomic E-state index is 13.0. The fraction of sp³-hybridized carbons (Fsp3) is 0.455. The number of benzene rings is 1. The van der Waals surface area contributed by atoms with E-state index >= 15 is 0 Å². The highest BCUT2D eigenvalue weighted by atomic mass is 32.2. The summed E-state index contributed by atoms with van der Waals surface area (Å²) in [6.07, 6.45) is 2.84. The van der Waals surface area contributed by atoms with Gasteiger partial charge in [0, 0.05) is 11.6 Å². The first-order valence-corrected chi connectivity index (χ1v) is 6.16. The third-order valence-electron chi connectivity index (χ3n) is 2.22. The molecule has 84 valence electrons. The van der Waals surface area contributed by atoms with Crippen LogP contribution in [-0.4, -0.2) is 19.1 Å². The summed E-state index contributed by atoms with van der Waals surface area (Å²) in [5.74, 6) is 1.34. The summed E-state index contributed by atoms with van der Waals surface area (Å²) in [6, 6.07) is 4.28. The molecule has 1 aromatic carbocycles. The number of nitrogens with two attached hydrogens (primary N) is 1. The van der Waals surface area contributed by atoms with Crippen molar-refractivity contribution in [2.45, 2.75) is 12.5 Å². The quantitative estimate of drug-likeness (QED) is 0.843. The zero-order chi connectivity index (χ0) is 11.3. The Morgan fingerprint density at radius 3 is 2.87 bits per heavy atom. The van der Waals surface area contributed by atoms with Crippen LogP contribution in [0.25, 0.3) is 0 Å². The lowest BCUT2D eigenvalue weighted by atomic mass is 10.0. The summed E-state index contributed by atoms with van der Waals surface area (Å²) in [4.78, 5) is 0. The molecule has 0 amide bonds. The molecule has 4 heteroatoms. The molecule has 0 aliphatic rings. The van der Waals surface area contributed by atoms with E-state index in [0.29, 0.717) is 5.75 Å². The van der Waals surface area contributed by atoms with Crippen molar-refractivity contribution in [1.82, 2.24) is 0 Å². The van der Waals surface area contributed by atoms with Crippen LogP contribution in [0.15, 0.2) is 18.2 Å². The summed E-state index contributed by atoms with van der Waals surface area (Å²) < 4.78 is 18.2. The number of ether oxygens (including phenoxy) is 1. The number of hydrogen-bond acceptors (Lipinski definition) is 3. The van der Waals surface area contributed by atoms with E-state index in [1.807, 2.05) is 6.26 Å². The molecule has 0 spiro atoms. The van der Waals surface area contributed by atoms with Gasteiger partial charge < -0.3 is 10.5 Å². The van der Waals surface area contributed by atoms with Gasteiger partial charge in [-0.25, -0.2) is 4.39 Å². The molecule has 1 unspecified atom stereocenters. The molecule has 1 rings (SSSR count). The van der Waals surface area contributed by atoms with Crippen LogP contribution in [0, 0.1) is 5.82 Å². The molecule has 0 saturated carbocycles. The molecule has 0 bridgehead atoms. The second-order valence-corrected chi connectivity index (χ2v) is 4.26. The van der Waals surface area contributed by atoms with Crippen molar-refractivity contribution < 1.29 is 9.13 Å². The van der Waals surface area contributed by atoms with Crippen molar-refractivity contribution in [3.8, 4) is 5.75 Å². The van der Waals surface area contributed by atoms with E-state index in [-0.39, 0.29) is 11.9 Å². The molecule has 0 saturated heterocycles. The van der Waals surface area contributed by atoms with Crippen LogP contribution in [0.1, 0.15) is 18.0 Å².